The molecule has 7 aromatic carbocycles. The molecule has 0 unspecified atom stereocenters. The fourth-order valence-corrected chi connectivity index (χ4v) is 11.5. The van der Waals surface area contributed by atoms with E-state index in [0.29, 0.717) is 0 Å². The number of fused-ring (bicyclic) bond motifs is 6. The average molecular weight is 793 g/mol. The van der Waals surface area contributed by atoms with Gasteiger partial charge in [0.2, 0.25) is 0 Å². The summed E-state index contributed by atoms with van der Waals surface area (Å²) >= 11 is 0. The smallest absolute Gasteiger partial charge is 0.333 e. The van der Waals surface area contributed by atoms with Crippen molar-refractivity contribution in [3.05, 3.63) is 174 Å². The summed E-state index contributed by atoms with van der Waals surface area (Å²) in [4.78, 5) is 5.33. The maximum Gasteiger partial charge on any atom is 0.333 e. The van der Waals surface area contributed by atoms with Gasteiger partial charge in [0.05, 0.1) is 0 Å². The Bertz CT molecular complexity index is 2870. The second-order valence-electron chi connectivity index (χ2n) is 21.1. The highest BCUT2D eigenvalue weighted by Gasteiger charge is 2.48. The maximum absolute atomic E-state index is 2.67. The van der Waals surface area contributed by atoms with Crippen molar-refractivity contribution in [3.8, 4) is 33.4 Å². The molecule has 302 valence electrons. The van der Waals surface area contributed by atoms with E-state index in [9.17, 15) is 0 Å². The number of rotatable bonds is 4. The standard InChI is InChI=1S/C58H57BN2/c1-55(2)30-31-56(3,4)47-35-43(27-28-46(47)55)60-52-21-15-20-44-45-34-41(39-18-13-10-14-19-39)24-29-51(45)61(42-25-22-40(23-26-42)38-16-11-9-12-17-38)59(54(44)52)50-36-48-49(37-53(50)60)58(7,8)33-32-57(48,5)6/h9-29,34-37H,30-33H2,1-8H3. The maximum atomic E-state index is 2.67. The van der Waals surface area contributed by atoms with Crippen LogP contribution in [0.5, 0.6) is 0 Å². The molecule has 61 heavy (non-hydrogen) atoms. The normalized spacial score (nSPS) is 18.3. The first-order valence-corrected chi connectivity index (χ1v) is 22.6. The Kier molecular flexibility index (Phi) is 8.35. The van der Waals surface area contributed by atoms with E-state index >= 15 is 0 Å². The molecular weight excluding hydrogens is 735 g/mol. The lowest BCUT2D eigenvalue weighted by Crippen LogP contribution is -2.62. The average Bonchev–Trinajstić information content (AvgIpc) is 3.27. The van der Waals surface area contributed by atoms with Gasteiger partial charge in [0, 0.05) is 34.0 Å². The van der Waals surface area contributed by atoms with E-state index in [2.05, 4.69) is 217 Å². The minimum Gasteiger partial charge on any atom is -0.376 e. The molecule has 0 aromatic heterocycles. The Morgan fingerprint density at radius 2 is 0.902 bits per heavy atom. The number of nitrogens with zero attached hydrogens (tertiary/aromatic N) is 2. The number of benzene rings is 7. The van der Waals surface area contributed by atoms with Crippen molar-refractivity contribution in [1.82, 2.24) is 0 Å². The lowest BCUT2D eigenvalue weighted by atomic mass is 9.42. The molecule has 2 nitrogen and oxygen atoms in total. The van der Waals surface area contributed by atoms with E-state index in [1.165, 1.54) is 121 Å². The highest BCUT2D eigenvalue weighted by atomic mass is 15.2. The van der Waals surface area contributed by atoms with Crippen LogP contribution in [0.15, 0.2) is 152 Å². The minimum atomic E-state index is -0.0331. The van der Waals surface area contributed by atoms with Crippen molar-refractivity contribution in [2.24, 2.45) is 0 Å². The van der Waals surface area contributed by atoms with Crippen molar-refractivity contribution in [2.45, 2.75) is 103 Å². The minimum absolute atomic E-state index is 0.0331. The van der Waals surface area contributed by atoms with Crippen molar-refractivity contribution in [2.75, 3.05) is 9.71 Å². The highest BCUT2D eigenvalue weighted by Crippen LogP contribution is 2.53. The summed E-state index contributed by atoms with van der Waals surface area (Å²) in [6.45, 7) is 19.6. The van der Waals surface area contributed by atoms with Gasteiger partial charge in [-0.3, -0.25) is 0 Å². The number of anilines is 5. The molecule has 0 saturated carbocycles. The molecule has 0 amide bonds. The summed E-state index contributed by atoms with van der Waals surface area (Å²) in [6, 6.07) is 58.0. The Hall–Kier alpha value is -5.80. The first kappa shape index (κ1) is 38.2. The molecule has 0 bridgehead atoms. The molecule has 4 aliphatic rings. The fourth-order valence-electron chi connectivity index (χ4n) is 11.5. The summed E-state index contributed by atoms with van der Waals surface area (Å²) < 4.78 is 0. The van der Waals surface area contributed by atoms with Crippen LogP contribution < -0.4 is 20.6 Å². The number of hydrogen-bond acceptors (Lipinski definition) is 2. The quantitative estimate of drug-likeness (QED) is 0.164. The van der Waals surface area contributed by atoms with Crippen LogP contribution in [-0.2, 0) is 21.7 Å². The summed E-state index contributed by atoms with van der Waals surface area (Å²) in [5.41, 5.74) is 22.9. The van der Waals surface area contributed by atoms with E-state index < -0.39 is 0 Å². The summed E-state index contributed by atoms with van der Waals surface area (Å²) in [6.07, 6.45) is 4.74. The Labute approximate surface area is 364 Å². The zero-order chi connectivity index (χ0) is 42.1. The molecule has 3 heteroatoms. The second kappa shape index (κ2) is 13.4. The predicted molar refractivity (Wildman–Crippen MR) is 262 cm³/mol. The summed E-state index contributed by atoms with van der Waals surface area (Å²) in [7, 11) is 0. The summed E-state index contributed by atoms with van der Waals surface area (Å²) in [5.74, 6) is 0. The molecule has 0 radical (unpaired) electrons. The van der Waals surface area contributed by atoms with E-state index in [1.54, 1.807) is 0 Å². The molecule has 0 atom stereocenters. The van der Waals surface area contributed by atoms with Crippen LogP contribution in [-0.4, -0.2) is 6.85 Å². The van der Waals surface area contributed by atoms with Gasteiger partial charge < -0.3 is 9.71 Å². The van der Waals surface area contributed by atoms with Crippen LogP contribution in [0.1, 0.15) is 103 Å². The number of hydrogen-bond donors (Lipinski definition) is 0. The molecule has 0 fully saturated rings. The third-order valence-electron chi connectivity index (χ3n) is 15.4. The van der Waals surface area contributed by atoms with Gasteiger partial charge in [0.1, 0.15) is 0 Å². The van der Waals surface area contributed by atoms with Crippen LogP contribution >= 0.6 is 0 Å². The van der Waals surface area contributed by atoms with Gasteiger partial charge in [-0.15, -0.1) is 0 Å². The monoisotopic (exact) mass is 792 g/mol. The van der Waals surface area contributed by atoms with Gasteiger partial charge in [-0.05, 0) is 157 Å². The first-order valence-electron chi connectivity index (χ1n) is 22.6. The fraction of sp³-hybridized carbons (Fsp3) is 0.276. The van der Waals surface area contributed by atoms with Crippen molar-refractivity contribution < 1.29 is 0 Å². The molecule has 2 aliphatic carbocycles. The van der Waals surface area contributed by atoms with Crippen LogP contribution in [0.4, 0.5) is 28.4 Å². The molecule has 7 aromatic rings. The predicted octanol–water partition coefficient (Wildman–Crippen LogP) is 14.4. The zero-order valence-electron chi connectivity index (χ0n) is 37.2. The van der Waals surface area contributed by atoms with Crippen LogP contribution in [0, 0.1) is 0 Å². The van der Waals surface area contributed by atoms with Gasteiger partial charge in [-0.25, -0.2) is 0 Å². The van der Waals surface area contributed by atoms with Gasteiger partial charge >= 0.3 is 6.85 Å². The lowest BCUT2D eigenvalue weighted by Gasteiger charge is -2.49. The van der Waals surface area contributed by atoms with E-state index in [4.69, 9.17) is 0 Å². The molecule has 0 spiro atoms. The van der Waals surface area contributed by atoms with Crippen molar-refractivity contribution >= 4 is 46.2 Å². The molecular formula is C58H57BN2. The molecule has 11 rings (SSSR count). The largest absolute Gasteiger partial charge is 0.376 e. The van der Waals surface area contributed by atoms with E-state index in [-0.39, 0.29) is 28.5 Å². The lowest BCUT2D eigenvalue weighted by molar-refractivity contribution is 0.332. The van der Waals surface area contributed by atoms with Gasteiger partial charge in [-0.1, -0.05) is 159 Å². The molecule has 2 heterocycles. The van der Waals surface area contributed by atoms with Crippen LogP contribution in [0.25, 0.3) is 33.4 Å². The van der Waals surface area contributed by atoms with Crippen LogP contribution in [0.3, 0.4) is 0 Å². The van der Waals surface area contributed by atoms with Crippen LogP contribution in [0.2, 0.25) is 0 Å². The Balaban J connectivity index is 1.21. The third-order valence-corrected chi connectivity index (χ3v) is 15.4. The van der Waals surface area contributed by atoms with Crippen molar-refractivity contribution in [3.63, 3.8) is 0 Å². The highest BCUT2D eigenvalue weighted by molar-refractivity contribution is 6.93. The molecule has 0 N–H and O–H groups in total. The topological polar surface area (TPSA) is 6.48 Å². The zero-order valence-corrected chi connectivity index (χ0v) is 37.2. The third kappa shape index (κ3) is 5.90. The molecule has 0 saturated heterocycles. The summed E-state index contributed by atoms with van der Waals surface area (Å²) in [5, 5.41) is 0. The van der Waals surface area contributed by atoms with Gasteiger partial charge in [0.25, 0.3) is 0 Å². The Morgan fingerprint density at radius 3 is 1.54 bits per heavy atom. The SMILES string of the molecule is CC1(C)CCC(C)(C)c2cc(N3c4cc5c(cc4B4c6c(cccc63)-c3cc(-c6ccccc6)ccc3N4c3ccc(-c4ccccc4)cc3)C(C)(C)CCC5(C)C)ccc21. The van der Waals surface area contributed by atoms with E-state index in [0.717, 1.165) is 0 Å². The van der Waals surface area contributed by atoms with Gasteiger partial charge in [0.15, 0.2) is 0 Å². The van der Waals surface area contributed by atoms with Gasteiger partial charge in [-0.2, -0.15) is 0 Å². The second-order valence-corrected chi connectivity index (χ2v) is 21.1. The van der Waals surface area contributed by atoms with Crippen molar-refractivity contribution in [1.29, 1.82) is 0 Å². The molecule has 2 aliphatic heterocycles. The Morgan fingerprint density at radius 1 is 0.377 bits per heavy atom. The first-order chi connectivity index (χ1) is 29.2. The van der Waals surface area contributed by atoms with E-state index in [1.807, 2.05) is 0 Å².